The van der Waals surface area contributed by atoms with Gasteiger partial charge in [0.2, 0.25) is 17.6 Å². The van der Waals surface area contributed by atoms with Crippen molar-refractivity contribution >= 4 is 28.9 Å². The number of nitro benzene ring substituents is 1. The molecule has 0 aliphatic carbocycles. The van der Waals surface area contributed by atoms with Crippen LogP contribution in [0.2, 0.25) is 0 Å². The molecule has 9 nitrogen and oxygen atoms in total. The number of nitrogens with zero attached hydrogens (tertiary/aromatic N) is 2. The predicted molar refractivity (Wildman–Crippen MR) is 102 cm³/mol. The molecule has 0 saturated carbocycles. The molecule has 1 heterocycles. The molecule has 1 aliphatic heterocycles. The molecule has 10 heteroatoms. The number of carbonyl (C=O) groups is 2. The Hall–Kier alpha value is -3.69. The molecule has 0 radical (unpaired) electrons. The number of rotatable bonds is 6. The normalized spacial score (nSPS) is 15.9. The molecule has 1 N–H and O–H groups in total. The molecule has 1 aliphatic rings. The van der Waals surface area contributed by atoms with Gasteiger partial charge in [0.05, 0.1) is 30.7 Å². The lowest BCUT2D eigenvalue weighted by Crippen LogP contribution is -2.28. The number of anilines is 2. The van der Waals surface area contributed by atoms with Gasteiger partial charge < -0.3 is 19.7 Å². The van der Waals surface area contributed by atoms with Crippen LogP contribution >= 0.6 is 0 Å². The van der Waals surface area contributed by atoms with Crippen molar-refractivity contribution in [3.8, 4) is 11.5 Å². The molecule has 0 spiro atoms. The molecule has 1 atom stereocenters. The summed E-state index contributed by atoms with van der Waals surface area (Å²) in [6.07, 6.45) is -0.0461. The van der Waals surface area contributed by atoms with E-state index in [9.17, 15) is 24.1 Å². The fourth-order valence-corrected chi connectivity index (χ4v) is 3.10. The topological polar surface area (TPSA) is 111 Å². The summed E-state index contributed by atoms with van der Waals surface area (Å²) in [5.74, 6) is -1.48. The number of methoxy groups -OCH3 is 2. The minimum Gasteiger partial charge on any atom is -0.497 e. The smallest absolute Gasteiger partial charge is 0.306 e. The van der Waals surface area contributed by atoms with Crippen molar-refractivity contribution in [3.05, 3.63) is 52.3 Å². The van der Waals surface area contributed by atoms with Gasteiger partial charge in [0.25, 0.3) is 0 Å². The number of halogens is 1. The Labute approximate surface area is 165 Å². The number of nitro groups is 1. The van der Waals surface area contributed by atoms with Crippen molar-refractivity contribution in [2.45, 2.75) is 6.42 Å². The first-order chi connectivity index (χ1) is 13.8. The van der Waals surface area contributed by atoms with E-state index < -0.39 is 28.3 Å². The van der Waals surface area contributed by atoms with Crippen molar-refractivity contribution in [3.63, 3.8) is 0 Å². The monoisotopic (exact) mass is 403 g/mol. The van der Waals surface area contributed by atoms with Crippen LogP contribution in [0.5, 0.6) is 11.5 Å². The van der Waals surface area contributed by atoms with Crippen LogP contribution < -0.4 is 19.7 Å². The fraction of sp³-hybridized carbons (Fsp3) is 0.263. The van der Waals surface area contributed by atoms with Gasteiger partial charge in [0.1, 0.15) is 11.5 Å². The van der Waals surface area contributed by atoms with Crippen LogP contribution in [0, 0.1) is 21.8 Å². The summed E-state index contributed by atoms with van der Waals surface area (Å²) in [6.45, 7) is 0.0947. The van der Waals surface area contributed by atoms with E-state index >= 15 is 0 Å². The predicted octanol–water partition coefficient (Wildman–Crippen LogP) is 2.74. The summed E-state index contributed by atoms with van der Waals surface area (Å²) in [4.78, 5) is 36.5. The molecule has 1 fully saturated rings. The Balaban J connectivity index is 1.78. The summed E-state index contributed by atoms with van der Waals surface area (Å²) in [5, 5.41) is 13.4. The molecule has 0 unspecified atom stereocenters. The Morgan fingerprint density at radius 1 is 1.24 bits per heavy atom. The third-order valence-electron chi connectivity index (χ3n) is 4.58. The Morgan fingerprint density at radius 3 is 2.66 bits per heavy atom. The lowest BCUT2D eigenvalue weighted by Gasteiger charge is -2.20. The lowest BCUT2D eigenvalue weighted by molar-refractivity contribution is -0.387. The molecule has 152 valence electrons. The maximum atomic E-state index is 13.5. The van der Waals surface area contributed by atoms with Crippen LogP contribution in [0.15, 0.2) is 36.4 Å². The van der Waals surface area contributed by atoms with Crippen molar-refractivity contribution in [2.24, 2.45) is 5.92 Å². The van der Waals surface area contributed by atoms with Crippen LogP contribution in [0.3, 0.4) is 0 Å². The van der Waals surface area contributed by atoms with Crippen molar-refractivity contribution in [1.82, 2.24) is 0 Å². The summed E-state index contributed by atoms with van der Waals surface area (Å²) < 4.78 is 23.9. The maximum Gasteiger partial charge on any atom is 0.306 e. The van der Waals surface area contributed by atoms with Crippen molar-refractivity contribution in [1.29, 1.82) is 0 Å². The van der Waals surface area contributed by atoms with Gasteiger partial charge in [-0.2, -0.15) is 4.39 Å². The fourth-order valence-electron chi connectivity index (χ4n) is 3.10. The van der Waals surface area contributed by atoms with E-state index in [4.69, 9.17) is 9.47 Å². The maximum absolute atomic E-state index is 13.5. The van der Waals surface area contributed by atoms with Gasteiger partial charge in [-0.15, -0.1) is 0 Å². The standard InChI is InChI=1S/C19H18FN3O6/c1-28-13-4-6-17(29-2)16(9-13)22-10-11(7-18(22)24)19(25)21-12-3-5-14(20)15(8-12)23(26)27/h3-6,8-9,11H,7,10H2,1-2H3,(H,21,25)/t11-/m1/s1. The zero-order chi connectivity index (χ0) is 21.1. The van der Waals surface area contributed by atoms with Gasteiger partial charge in [-0.3, -0.25) is 19.7 Å². The first kappa shape index (κ1) is 20.1. The van der Waals surface area contributed by atoms with E-state index in [2.05, 4.69) is 5.32 Å². The number of hydrogen-bond donors (Lipinski definition) is 1. The number of carbonyl (C=O) groups excluding carboxylic acids is 2. The van der Waals surface area contributed by atoms with Gasteiger partial charge >= 0.3 is 5.69 Å². The Morgan fingerprint density at radius 2 is 2.00 bits per heavy atom. The van der Waals surface area contributed by atoms with E-state index in [-0.39, 0.29) is 24.6 Å². The molecule has 29 heavy (non-hydrogen) atoms. The number of nitrogens with one attached hydrogen (secondary N) is 1. The van der Waals surface area contributed by atoms with Crippen molar-refractivity contribution < 1.29 is 28.4 Å². The van der Waals surface area contributed by atoms with E-state index in [0.717, 1.165) is 12.1 Å². The minimum atomic E-state index is -1.000. The van der Waals surface area contributed by atoms with Crippen molar-refractivity contribution in [2.75, 3.05) is 31.0 Å². The highest BCUT2D eigenvalue weighted by atomic mass is 19.1. The largest absolute Gasteiger partial charge is 0.497 e. The lowest BCUT2D eigenvalue weighted by atomic mass is 10.1. The van der Waals surface area contributed by atoms with Gasteiger partial charge in [0, 0.05) is 30.8 Å². The molecule has 2 amide bonds. The Kier molecular flexibility index (Phi) is 5.62. The second-order valence-electron chi connectivity index (χ2n) is 6.36. The molecule has 1 saturated heterocycles. The summed E-state index contributed by atoms with van der Waals surface area (Å²) in [7, 11) is 2.97. The second-order valence-corrected chi connectivity index (χ2v) is 6.36. The summed E-state index contributed by atoms with van der Waals surface area (Å²) in [6, 6.07) is 8.05. The number of amides is 2. The van der Waals surface area contributed by atoms with Gasteiger partial charge in [-0.1, -0.05) is 0 Å². The minimum absolute atomic E-state index is 0.0461. The number of benzene rings is 2. The van der Waals surface area contributed by atoms with Crippen LogP contribution in [-0.4, -0.2) is 37.5 Å². The highest BCUT2D eigenvalue weighted by molar-refractivity contribution is 6.04. The van der Waals surface area contributed by atoms with Gasteiger partial charge in [-0.25, -0.2) is 0 Å². The van der Waals surface area contributed by atoms with Gasteiger partial charge in [0.15, 0.2) is 0 Å². The van der Waals surface area contributed by atoms with Crippen LogP contribution in [-0.2, 0) is 9.59 Å². The average molecular weight is 403 g/mol. The third-order valence-corrected chi connectivity index (χ3v) is 4.58. The zero-order valence-corrected chi connectivity index (χ0v) is 15.7. The quantitative estimate of drug-likeness (QED) is 0.586. The van der Waals surface area contributed by atoms with Crippen LogP contribution in [0.4, 0.5) is 21.5 Å². The SMILES string of the molecule is COc1ccc(OC)c(N2C[C@H](C(=O)Nc3ccc(F)c([N+](=O)[O-])c3)CC2=O)c1. The number of hydrogen-bond acceptors (Lipinski definition) is 6. The van der Waals surface area contributed by atoms with Crippen LogP contribution in [0.1, 0.15) is 6.42 Å². The molecular weight excluding hydrogens is 385 g/mol. The molecule has 2 aromatic carbocycles. The molecule has 3 rings (SSSR count). The highest BCUT2D eigenvalue weighted by Crippen LogP contribution is 2.36. The molecule has 0 aromatic heterocycles. The first-order valence-electron chi connectivity index (χ1n) is 8.61. The van der Waals surface area contributed by atoms with E-state index in [1.807, 2.05) is 0 Å². The highest BCUT2D eigenvalue weighted by Gasteiger charge is 2.36. The summed E-state index contributed by atoms with van der Waals surface area (Å²) in [5.41, 5.74) is -0.189. The van der Waals surface area contributed by atoms with E-state index in [1.54, 1.807) is 18.2 Å². The Bertz CT molecular complexity index is 980. The molecule has 0 bridgehead atoms. The van der Waals surface area contributed by atoms with Gasteiger partial charge in [-0.05, 0) is 24.3 Å². The zero-order valence-electron chi connectivity index (χ0n) is 15.7. The second kappa shape index (κ2) is 8.13. The summed E-state index contributed by atoms with van der Waals surface area (Å²) >= 11 is 0. The molecular formula is C19H18FN3O6. The van der Waals surface area contributed by atoms with E-state index in [0.29, 0.717) is 17.2 Å². The molecule has 2 aromatic rings. The average Bonchev–Trinajstić information content (AvgIpc) is 3.10. The van der Waals surface area contributed by atoms with Crippen LogP contribution in [0.25, 0.3) is 0 Å². The number of ether oxygens (including phenoxy) is 2. The third kappa shape index (κ3) is 4.10. The van der Waals surface area contributed by atoms with E-state index in [1.165, 1.54) is 25.2 Å². The first-order valence-corrected chi connectivity index (χ1v) is 8.61.